The van der Waals surface area contributed by atoms with Gasteiger partial charge in [0, 0.05) is 18.8 Å². The van der Waals surface area contributed by atoms with Gasteiger partial charge in [-0.15, -0.1) is 11.3 Å². The number of thiophene rings is 1. The summed E-state index contributed by atoms with van der Waals surface area (Å²) in [5, 5.41) is 7.05. The van der Waals surface area contributed by atoms with Gasteiger partial charge in [0.25, 0.3) is 11.8 Å². The number of hydrogen-bond donors (Lipinski definition) is 2. The highest BCUT2D eigenvalue weighted by Gasteiger charge is 2.31. The van der Waals surface area contributed by atoms with Crippen molar-refractivity contribution in [2.45, 2.75) is 13.0 Å². The summed E-state index contributed by atoms with van der Waals surface area (Å²) in [6, 6.07) is 9.13. The molecule has 0 aliphatic carbocycles. The molecule has 27 heavy (non-hydrogen) atoms. The second-order valence-electron chi connectivity index (χ2n) is 5.78. The molecule has 1 atom stereocenters. The summed E-state index contributed by atoms with van der Waals surface area (Å²) < 4.78 is 5.14. The molecule has 2 heterocycles. The summed E-state index contributed by atoms with van der Waals surface area (Å²) in [4.78, 5) is 49.5. The number of nitrogens with zero attached hydrogens (tertiary/aromatic N) is 1. The van der Waals surface area contributed by atoms with Crippen LogP contribution in [0.3, 0.4) is 0 Å². The quantitative estimate of drug-likeness (QED) is 0.765. The highest BCUT2D eigenvalue weighted by Crippen LogP contribution is 2.15. The van der Waals surface area contributed by atoms with E-state index < -0.39 is 24.0 Å². The van der Waals surface area contributed by atoms with Crippen LogP contribution in [0, 0.1) is 0 Å². The predicted molar refractivity (Wildman–Crippen MR) is 98.7 cm³/mol. The van der Waals surface area contributed by atoms with Crippen molar-refractivity contribution in [1.82, 2.24) is 10.2 Å². The maximum Gasteiger partial charge on any atom is 0.338 e. The van der Waals surface area contributed by atoms with Crippen LogP contribution in [0.2, 0.25) is 0 Å². The van der Waals surface area contributed by atoms with Gasteiger partial charge in [0.1, 0.15) is 0 Å². The van der Waals surface area contributed by atoms with E-state index in [1.165, 1.54) is 30.4 Å². The third-order valence-corrected chi connectivity index (χ3v) is 4.75. The minimum absolute atomic E-state index is 0.231. The van der Waals surface area contributed by atoms with Gasteiger partial charge in [-0.2, -0.15) is 0 Å². The molecule has 140 valence electrons. The highest BCUT2D eigenvalue weighted by molar-refractivity contribution is 7.12. The molecule has 1 aromatic heterocycles. The summed E-state index contributed by atoms with van der Waals surface area (Å²) in [5.41, 5.74) is 0.762. The van der Waals surface area contributed by atoms with Crippen LogP contribution < -0.4 is 10.6 Å². The van der Waals surface area contributed by atoms with Gasteiger partial charge < -0.3 is 15.4 Å². The average molecular weight is 387 g/mol. The summed E-state index contributed by atoms with van der Waals surface area (Å²) in [6.07, 6.45) is -1.08. The molecule has 0 unspecified atom stereocenters. The Morgan fingerprint density at radius 2 is 1.96 bits per heavy atom. The molecule has 3 rings (SSSR count). The van der Waals surface area contributed by atoms with Crippen LogP contribution in [0.15, 0.2) is 41.8 Å². The molecule has 1 aromatic carbocycles. The number of nitrogens with one attached hydrogen (secondary N) is 2. The van der Waals surface area contributed by atoms with Crippen molar-refractivity contribution in [3.63, 3.8) is 0 Å². The Morgan fingerprint density at radius 3 is 2.56 bits per heavy atom. The molecule has 2 aromatic rings. The summed E-state index contributed by atoms with van der Waals surface area (Å²) in [6.45, 7) is 2.05. The molecule has 9 heteroatoms. The molecular formula is C18H17N3O5S. The predicted octanol–water partition coefficient (Wildman–Crippen LogP) is 2.10. The van der Waals surface area contributed by atoms with Gasteiger partial charge in [0.05, 0.1) is 10.4 Å². The Labute approximate surface area is 159 Å². The Bertz CT molecular complexity index is 864. The Morgan fingerprint density at radius 1 is 1.22 bits per heavy atom. The maximum absolute atomic E-state index is 12.2. The van der Waals surface area contributed by atoms with Crippen molar-refractivity contribution in [2.75, 3.05) is 18.4 Å². The lowest BCUT2D eigenvalue weighted by Crippen LogP contribution is -2.41. The fourth-order valence-corrected chi connectivity index (χ4v) is 3.09. The van der Waals surface area contributed by atoms with Crippen molar-refractivity contribution in [3.8, 4) is 0 Å². The first-order valence-electron chi connectivity index (χ1n) is 8.21. The zero-order valence-corrected chi connectivity index (χ0v) is 15.2. The molecule has 1 aliphatic rings. The second-order valence-corrected chi connectivity index (χ2v) is 6.73. The maximum atomic E-state index is 12.2. The number of rotatable bonds is 5. The van der Waals surface area contributed by atoms with Crippen LogP contribution in [-0.2, 0) is 9.53 Å². The van der Waals surface area contributed by atoms with Crippen molar-refractivity contribution >= 4 is 40.8 Å². The third-order valence-electron chi connectivity index (χ3n) is 3.88. The van der Waals surface area contributed by atoms with Gasteiger partial charge in [-0.05, 0) is 42.6 Å². The molecule has 1 aliphatic heterocycles. The minimum atomic E-state index is -1.08. The number of hydrogen-bond acceptors (Lipinski definition) is 6. The fourth-order valence-electron chi connectivity index (χ4n) is 2.47. The topological polar surface area (TPSA) is 105 Å². The van der Waals surface area contributed by atoms with E-state index in [-0.39, 0.29) is 18.0 Å². The zero-order valence-electron chi connectivity index (χ0n) is 14.4. The van der Waals surface area contributed by atoms with Gasteiger partial charge in [-0.1, -0.05) is 6.07 Å². The average Bonchev–Trinajstić information content (AvgIpc) is 3.33. The minimum Gasteiger partial charge on any atom is -0.449 e. The molecule has 0 saturated carbocycles. The van der Waals surface area contributed by atoms with Crippen LogP contribution in [0.4, 0.5) is 10.5 Å². The third kappa shape index (κ3) is 4.32. The lowest BCUT2D eigenvalue weighted by molar-refractivity contribution is -0.136. The first-order valence-corrected chi connectivity index (χ1v) is 9.09. The number of anilines is 1. The number of urea groups is 1. The molecule has 0 bridgehead atoms. The van der Waals surface area contributed by atoms with Crippen molar-refractivity contribution < 1.29 is 23.9 Å². The van der Waals surface area contributed by atoms with E-state index in [0.29, 0.717) is 17.1 Å². The standard InChI is InChI=1S/C18H17N3O5S/c1-11(16(23)21-9-8-19-18(21)25)26-17(24)12-4-6-13(7-5-12)20-15(22)14-3-2-10-27-14/h2-7,10-11H,8-9H2,1H3,(H,19,25)(H,20,22)/t11-/m1/s1. The molecule has 8 nitrogen and oxygen atoms in total. The monoisotopic (exact) mass is 387 g/mol. The Kier molecular flexibility index (Phi) is 5.51. The Hall–Kier alpha value is -3.20. The first kappa shape index (κ1) is 18.6. The molecule has 1 saturated heterocycles. The molecule has 2 N–H and O–H groups in total. The Balaban J connectivity index is 1.57. The molecule has 1 fully saturated rings. The molecule has 4 amide bonds. The fraction of sp³-hybridized carbons (Fsp3) is 0.222. The van der Waals surface area contributed by atoms with E-state index in [4.69, 9.17) is 4.74 Å². The van der Waals surface area contributed by atoms with Crippen LogP contribution >= 0.6 is 11.3 Å². The smallest absolute Gasteiger partial charge is 0.338 e. The van der Waals surface area contributed by atoms with Gasteiger partial charge in [0.15, 0.2) is 6.10 Å². The number of esters is 1. The van der Waals surface area contributed by atoms with Crippen molar-refractivity contribution in [1.29, 1.82) is 0 Å². The van der Waals surface area contributed by atoms with Gasteiger partial charge in [-0.25, -0.2) is 9.59 Å². The van der Waals surface area contributed by atoms with Crippen LogP contribution in [0.25, 0.3) is 0 Å². The normalized spacial score (nSPS) is 14.4. The van der Waals surface area contributed by atoms with E-state index in [9.17, 15) is 19.2 Å². The van der Waals surface area contributed by atoms with Gasteiger partial charge in [-0.3, -0.25) is 14.5 Å². The second kappa shape index (κ2) is 8.00. The number of carbonyl (C=O) groups excluding carboxylic acids is 4. The van der Waals surface area contributed by atoms with Gasteiger partial charge >= 0.3 is 12.0 Å². The summed E-state index contributed by atoms with van der Waals surface area (Å²) in [5.74, 6) is -1.49. The summed E-state index contributed by atoms with van der Waals surface area (Å²) in [7, 11) is 0. The summed E-state index contributed by atoms with van der Waals surface area (Å²) >= 11 is 1.33. The SMILES string of the molecule is C[C@@H](OC(=O)c1ccc(NC(=O)c2cccs2)cc1)C(=O)N1CCNC1=O. The van der Waals surface area contributed by atoms with E-state index in [2.05, 4.69) is 10.6 Å². The van der Waals surface area contributed by atoms with Crippen LogP contribution in [0.1, 0.15) is 27.0 Å². The number of benzene rings is 1. The number of imide groups is 1. The number of amides is 4. The first-order chi connectivity index (χ1) is 13.0. The largest absolute Gasteiger partial charge is 0.449 e. The van der Waals surface area contributed by atoms with E-state index in [1.807, 2.05) is 5.38 Å². The lowest BCUT2D eigenvalue weighted by Gasteiger charge is -2.18. The number of ether oxygens (including phenoxy) is 1. The highest BCUT2D eigenvalue weighted by atomic mass is 32.1. The van der Waals surface area contributed by atoms with E-state index in [0.717, 1.165) is 4.90 Å². The number of carbonyl (C=O) groups is 4. The van der Waals surface area contributed by atoms with Crippen molar-refractivity contribution in [3.05, 3.63) is 52.2 Å². The molecule has 0 spiro atoms. The zero-order chi connectivity index (χ0) is 19.4. The van der Waals surface area contributed by atoms with Crippen LogP contribution in [0.5, 0.6) is 0 Å². The van der Waals surface area contributed by atoms with Gasteiger partial charge in [0.2, 0.25) is 0 Å². The van der Waals surface area contributed by atoms with E-state index in [1.54, 1.807) is 24.3 Å². The molecular weight excluding hydrogens is 370 g/mol. The van der Waals surface area contributed by atoms with Crippen LogP contribution in [-0.4, -0.2) is 47.9 Å². The van der Waals surface area contributed by atoms with E-state index >= 15 is 0 Å². The molecule has 0 radical (unpaired) electrons. The van der Waals surface area contributed by atoms with Crippen molar-refractivity contribution in [2.24, 2.45) is 0 Å². The lowest BCUT2D eigenvalue weighted by atomic mass is 10.2.